The minimum absolute atomic E-state index is 0.108. The summed E-state index contributed by atoms with van der Waals surface area (Å²) in [5, 5.41) is 9.19. The molecule has 3 rings (SSSR count). The van der Waals surface area contributed by atoms with E-state index in [1.54, 1.807) is 24.3 Å². The van der Waals surface area contributed by atoms with Crippen molar-refractivity contribution < 1.29 is 19.1 Å². The third-order valence-electron chi connectivity index (χ3n) is 3.46. The highest BCUT2D eigenvalue weighted by Crippen LogP contribution is 2.34. The van der Waals surface area contributed by atoms with Crippen molar-refractivity contribution in [2.75, 3.05) is 6.54 Å². The van der Waals surface area contributed by atoms with Gasteiger partial charge < -0.3 is 9.52 Å². The number of halogens is 1. The second kappa shape index (κ2) is 7.90. The Bertz CT molecular complexity index is 948. The molecule has 1 amide bonds. The summed E-state index contributed by atoms with van der Waals surface area (Å²) in [6.45, 7) is 0.108. The molecule has 5 nitrogen and oxygen atoms in total. The van der Waals surface area contributed by atoms with Crippen LogP contribution in [-0.4, -0.2) is 32.7 Å². The molecule has 1 aromatic heterocycles. The van der Waals surface area contributed by atoms with E-state index < -0.39 is 5.97 Å². The lowest BCUT2D eigenvalue weighted by atomic mass is 10.2. The molecule has 1 aliphatic heterocycles. The van der Waals surface area contributed by atoms with Gasteiger partial charge in [-0.3, -0.25) is 9.69 Å². The van der Waals surface area contributed by atoms with Crippen molar-refractivity contribution in [2.45, 2.75) is 0 Å². The summed E-state index contributed by atoms with van der Waals surface area (Å²) < 4.78 is 6.13. The Labute approximate surface area is 163 Å². The molecule has 1 saturated heterocycles. The normalized spacial score (nSPS) is 16.2. The van der Waals surface area contributed by atoms with E-state index in [1.165, 1.54) is 11.0 Å². The lowest BCUT2D eigenvalue weighted by Gasteiger charge is -2.10. The van der Waals surface area contributed by atoms with Crippen molar-refractivity contribution >= 4 is 57.9 Å². The summed E-state index contributed by atoms with van der Waals surface area (Å²) in [6.07, 6.45) is 3.96. The third kappa shape index (κ3) is 4.07. The number of furan rings is 1. The minimum Gasteiger partial charge on any atom is -0.478 e. The second-order valence-electron chi connectivity index (χ2n) is 5.21. The average molecular weight is 406 g/mol. The zero-order chi connectivity index (χ0) is 18.7. The highest BCUT2D eigenvalue weighted by molar-refractivity contribution is 8.26. The summed E-state index contributed by atoms with van der Waals surface area (Å²) in [5.74, 6) is -0.261. The van der Waals surface area contributed by atoms with E-state index in [2.05, 4.69) is 0 Å². The van der Waals surface area contributed by atoms with Crippen molar-refractivity contribution in [1.29, 1.82) is 0 Å². The van der Waals surface area contributed by atoms with Crippen molar-refractivity contribution in [3.05, 3.63) is 64.2 Å². The summed E-state index contributed by atoms with van der Waals surface area (Å²) in [7, 11) is 0. The predicted octanol–water partition coefficient (Wildman–Crippen LogP) is 4.44. The Kier molecular flexibility index (Phi) is 5.61. The monoisotopic (exact) mass is 405 g/mol. The van der Waals surface area contributed by atoms with Gasteiger partial charge in [-0.15, -0.1) is 0 Å². The van der Waals surface area contributed by atoms with Crippen molar-refractivity contribution in [1.82, 2.24) is 4.90 Å². The molecule has 132 valence electrons. The number of rotatable bonds is 5. The quantitative estimate of drug-likeness (QED) is 0.585. The maximum absolute atomic E-state index is 12.4. The van der Waals surface area contributed by atoms with E-state index in [1.807, 2.05) is 18.2 Å². The van der Waals surface area contributed by atoms with Crippen LogP contribution in [0.5, 0.6) is 0 Å². The van der Waals surface area contributed by atoms with E-state index >= 15 is 0 Å². The number of thioether (sulfide) groups is 1. The fourth-order valence-corrected chi connectivity index (χ4v) is 3.77. The van der Waals surface area contributed by atoms with Crippen LogP contribution in [0, 0.1) is 0 Å². The molecule has 1 N–H and O–H groups in total. The Morgan fingerprint density at radius 3 is 2.81 bits per heavy atom. The fourth-order valence-electron chi connectivity index (χ4n) is 2.28. The Hall–Kier alpha value is -2.35. The third-order valence-corrected chi connectivity index (χ3v) is 5.17. The van der Waals surface area contributed by atoms with E-state index in [0.29, 0.717) is 25.8 Å². The van der Waals surface area contributed by atoms with Crippen molar-refractivity contribution in [2.24, 2.45) is 0 Å². The van der Waals surface area contributed by atoms with Crippen molar-refractivity contribution in [3.8, 4) is 11.3 Å². The van der Waals surface area contributed by atoms with Crippen LogP contribution in [-0.2, 0) is 9.59 Å². The second-order valence-corrected chi connectivity index (χ2v) is 7.30. The minimum atomic E-state index is -1.08. The van der Waals surface area contributed by atoms with Crippen LogP contribution < -0.4 is 0 Å². The van der Waals surface area contributed by atoms with Gasteiger partial charge in [0.2, 0.25) is 0 Å². The van der Waals surface area contributed by atoms with E-state index in [0.717, 1.165) is 23.4 Å². The molecule has 0 atom stereocenters. The number of thiocarbonyl (C=S) groups is 1. The highest BCUT2D eigenvalue weighted by Gasteiger charge is 2.31. The number of carbonyl (C=O) groups excluding carboxylic acids is 1. The molecule has 1 aromatic carbocycles. The smallest absolute Gasteiger partial charge is 0.328 e. The first-order valence-corrected chi connectivity index (χ1v) is 9.05. The highest BCUT2D eigenvalue weighted by atomic mass is 35.5. The summed E-state index contributed by atoms with van der Waals surface area (Å²) in [5.41, 5.74) is 0.764. The number of amides is 1. The molecule has 0 bridgehead atoms. The number of carboxylic acids is 1. The van der Waals surface area contributed by atoms with Gasteiger partial charge in [0.25, 0.3) is 5.91 Å². The summed E-state index contributed by atoms with van der Waals surface area (Å²) in [4.78, 5) is 24.7. The number of nitrogens with zero attached hydrogens (tertiary/aromatic N) is 1. The van der Waals surface area contributed by atoms with Crippen LogP contribution in [0.25, 0.3) is 17.4 Å². The molecule has 8 heteroatoms. The molecule has 1 aliphatic rings. The topological polar surface area (TPSA) is 70.8 Å². The van der Waals surface area contributed by atoms with E-state index in [-0.39, 0.29) is 12.5 Å². The Balaban J connectivity index is 1.79. The number of carboxylic acid groups (broad SMARTS) is 1. The van der Waals surface area contributed by atoms with Gasteiger partial charge in [-0.05, 0) is 24.3 Å². The van der Waals surface area contributed by atoms with Gasteiger partial charge in [-0.1, -0.05) is 53.8 Å². The maximum Gasteiger partial charge on any atom is 0.328 e. The molecule has 0 unspecified atom stereocenters. The fraction of sp³-hybridized carbons (Fsp3) is 0.0556. The summed E-state index contributed by atoms with van der Waals surface area (Å²) >= 11 is 12.5. The van der Waals surface area contributed by atoms with Gasteiger partial charge in [0.05, 0.1) is 9.93 Å². The number of carbonyl (C=O) groups is 2. The van der Waals surface area contributed by atoms with Crippen LogP contribution in [0.2, 0.25) is 5.02 Å². The van der Waals surface area contributed by atoms with Crippen LogP contribution in [0.1, 0.15) is 5.76 Å². The first-order chi connectivity index (χ1) is 12.5. The van der Waals surface area contributed by atoms with Gasteiger partial charge in [0, 0.05) is 24.3 Å². The largest absolute Gasteiger partial charge is 0.478 e. The molecular formula is C18H12ClNO4S2. The predicted molar refractivity (Wildman–Crippen MR) is 106 cm³/mol. The maximum atomic E-state index is 12.4. The Morgan fingerprint density at radius 2 is 2.08 bits per heavy atom. The van der Waals surface area contributed by atoms with Gasteiger partial charge in [0.15, 0.2) is 0 Å². The van der Waals surface area contributed by atoms with E-state index in [4.69, 9.17) is 33.3 Å². The van der Waals surface area contributed by atoms with Crippen LogP contribution in [0.4, 0.5) is 0 Å². The first kappa shape index (κ1) is 18.4. The number of aliphatic carboxylic acids is 1. The van der Waals surface area contributed by atoms with Gasteiger partial charge in [0.1, 0.15) is 15.8 Å². The molecule has 0 spiro atoms. The number of hydrogen-bond donors (Lipinski definition) is 1. The standard InChI is InChI=1S/C18H12ClNO4S2/c19-13-5-2-1-4-12(13)14-8-7-11(24-14)10-15-17(23)20(18(25)26-15)9-3-6-16(21)22/h1-8,10H,9H2,(H,21,22). The SMILES string of the molecule is O=C(O)C=CCN1C(=O)C(=Cc2ccc(-c3ccccc3Cl)o2)SC1=S. The van der Waals surface area contributed by atoms with Crippen molar-refractivity contribution in [3.63, 3.8) is 0 Å². The molecule has 0 radical (unpaired) electrons. The zero-order valence-electron chi connectivity index (χ0n) is 13.2. The lowest BCUT2D eigenvalue weighted by molar-refractivity contribution is -0.131. The van der Waals surface area contributed by atoms with E-state index in [9.17, 15) is 9.59 Å². The molecule has 2 aromatic rings. The van der Waals surface area contributed by atoms with Gasteiger partial charge in [-0.25, -0.2) is 4.79 Å². The first-order valence-electron chi connectivity index (χ1n) is 7.45. The summed E-state index contributed by atoms with van der Waals surface area (Å²) in [6, 6.07) is 10.8. The number of benzene rings is 1. The van der Waals surface area contributed by atoms with Crippen LogP contribution >= 0.6 is 35.6 Å². The zero-order valence-corrected chi connectivity index (χ0v) is 15.6. The molecule has 0 aliphatic carbocycles. The van der Waals surface area contributed by atoms with Gasteiger partial charge in [-0.2, -0.15) is 0 Å². The molecule has 0 saturated carbocycles. The van der Waals surface area contributed by atoms with Gasteiger partial charge >= 0.3 is 5.97 Å². The molecule has 2 heterocycles. The van der Waals surface area contributed by atoms with Crippen LogP contribution in [0.15, 0.2) is 57.9 Å². The lowest BCUT2D eigenvalue weighted by Crippen LogP contribution is -2.28. The molecule has 1 fully saturated rings. The molecular weight excluding hydrogens is 394 g/mol. The Morgan fingerprint density at radius 1 is 1.31 bits per heavy atom. The average Bonchev–Trinajstić information content (AvgIpc) is 3.15. The van der Waals surface area contributed by atoms with Crippen LogP contribution in [0.3, 0.4) is 0 Å². The number of hydrogen-bond acceptors (Lipinski definition) is 5. The molecule has 26 heavy (non-hydrogen) atoms.